The normalized spacial score (nSPS) is 14.9. The summed E-state index contributed by atoms with van der Waals surface area (Å²) in [5.41, 5.74) is 0.824. The number of carboxylic acids is 1. The maximum Gasteiger partial charge on any atom is 0.356 e. The molecule has 0 aliphatic heterocycles. The second-order valence-electron chi connectivity index (χ2n) is 4.41. The zero-order chi connectivity index (χ0) is 14.5. The summed E-state index contributed by atoms with van der Waals surface area (Å²) in [7, 11) is -4.79. The van der Waals surface area contributed by atoms with Crippen LogP contribution in [0.15, 0.2) is 30.3 Å². The summed E-state index contributed by atoms with van der Waals surface area (Å²) in [6, 6.07) is 8.92. The molecule has 0 heterocycles. The molecule has 106 valence electrons. The first-order valence-electron chi connectivity index (χ1n) is 5.78. The van der Waals surface area contributed by atoms with Crippen molar-refractivity contribution in [2.24, 2.45) is 0 Å². The Morgan fingerprint density at radius 3 is 2.21 bits per heavy atom. The Balaban J connectivity index is 2.75. The van der Waals surface area contributed by atoms with E-state index in [0.717, 1.165) is 5.56 Å². The Morgan fingerprint density at radius 2 is 1.74 bits per heavy atom. The van der Waals surface area contributed by atoms with Crippen LogP contribution in [0.5, 0.6) is 0 Å². The molecular formula is C12H17O6P. The lowest BCUT2D eigenvalue weighted by Gasteiger charge is -2.28. The van der Waals surface area contributed by atoms with Gasteiger partial charge >= 0.3 is 13.6 Å². The standard InChI is InChI=1S/C12H17O6P/c13-11(14)7-9-12(15,19(16,17)18)8-6-10-4-2-1-3-5-10/h1-5,15H,6-9H2,(H,13,14)(H2,16,17,18). The van der Waals surface area contributed by atoms with Crippen LogP contribution in [0.4, 0.5) is 0 Å². The van der Waals surface area contributed by atoms with Crippen molar-refractivity contribution in [3.8, 4) is 0 Å². The van der Waals surface area contributed by atoms with Gasteiger partial charge in [-0.05, 0) is 24.8 Å². The molecule has 0 fully saturated rings. The van der Waals surface area contributed by atoms with E-state index in [1.807, 2.05) is 6.07 Å². The van der Waals surface area contributed by atoms with Crippen LogP contribution in [0.25, 0.3) is 0 Å². The van der Waals surface area contributed by atoms with Gasteiger partial charge in [-0.2, -0.15) is 0 Å². The van der Waals surface area contributed by atoms with E-state index in [4.69, 9.17) is 5.11 Å². The minimum Gasteiger partial charge on any atom is -0.481 e. The van der Waals surface area contributed by atoms with Gasteiger partial charge in [0, 0.05) is 6.42 Å². The number of aryl methyl sites for hydroxylation is 1. The molecule has 0 saturated carbocycles. The topological polar surface area (TPSA) is 115 Å². The van der Waals surface area contributed by atoms with E-state index in [1.54, 1.807) is 24.3 Å². The maximum atomic E-state index is 11.3. The number of carboxylic acid groups (broad SMARTS) is 1. The zero-order valence-corrected chi connectivity index (χ0v) is 11.2. The van der Waals surface area contributed by atoms with Crippen LogP contribution < -0.4 is 0 Å². The number of rotatable bonds is 7. The molecule has 1 rings (SSSR count). The summed E-state index contributed by atoms with van der Waals surface area (Å²) < 4.78 is 11.3. The molecule has 1 aromatic carbocycles. The fourth-order valence-electron chi connectivity index (χ4n) is 1.71. The summed E-state index contributed by atoms with van der Waals surface area (Å²) in [5, 5.41) is 16.3. The lowest BCUT2D eigenvalue weighted by molar-refractivity contribution is -0.137. The summed E-state index contributed by atoms with van der Waals surface area (Å²) in [6.45, 7) is 0. The van der Waals surface area contributed by atoms with Crippen molar-refractivity contribution >= 4 is 13.6 Å². The predicted octanol–water partition coefficient (Wildman–Crippen LogP) is 1.35. The maximum absolute atomic E-state index is 11.3. The van der Waals surface area contributed by atoms with Crippen molar-refractivity contribution in [2.75, 3.05) is 0 Å². The van der Waals surface area contributed by atoms with E-state index in [2.05, 4.69) is 0 Å². The highest BCUT2D eigenvalue weighted by Gasteiger charge is 2.44. The number of carbonyl (C=O) groups is 1. The van der Waals surface area contributed by atoms with Crippen molar-refractivity contribution < 1.29 is 29.4 Å². The SMILES string of the molecule is O=C(O)CCC(O)(CCc1ccccc1)P(=O)(O)O. The van der Waals surface area contributed by atoms with E-state index < -0.39 is 31.7 Å². The molecule has 19 heavy (non-hydrogen) atoms. The third-order valence-electron chi connectivity index (χ3n) is 2.94. The highest BCUT2D eigenvalue weighted by atomic mass is 31.2. The smallest absolute Gasteiger partial charge is 0.356 e. The molecule has 1 aromatic rings. The molecule has 1 atom stereocenters. The molecule has 4 N–H and O–H groups in total. The predicted molar refractivity (Wildman–Crippen MR) is 68.6 cm³/mol. The lowest BCUT2D eigenvalue weighted by atomic mass is 10.0. The van der Waals surface area contributed by atoms with E-state index in [9.17, 15) is 24.3 Å². The molecular weight excluding hydrogens is 271 g/mol. The minimum absolute atomic E-state index is 0.186. The van der Waals surface area contributed by atoms with Gasteiger partial charge < -0.3 is 20.0 Å². The third-order valence-corrected chi connectivity index (χ3v) is 4.47. The van der Waals surface area contributed by atoms with Crippen LogP contribution in [-0.2, 0) is 15.8 Å². The summed E-state index contributed by atoms with van der Waals surface area (Å²) in [4.78, 5) is 28.9. The largest absolute Gasteiger partial charge is 0.481 e. The van der Waals surface area contributed by atoms with Crippen LogP contribution in [-0.4, -0.2) is 31.3 Å². The summed E-state index contributed by atoms with van der Waals surface area (Å²) >= 11 is 0. The highest BCUT2D eigenvalue weighted by molar-refractivity contribution is 7.53. The Morgan fingerprint density at radius 1 is 1.16 bits per heavy atom. The second-order valence-corrected chi connectivity index (χ2v) is 6.33. The Bertz CT molecular complexity index is 468. The molecule has 0 spiro atoms. The van der Waals surface area contributed by atoms with Crippen LogP contribution in [0.3, 0.4) is 0 Å². The van der Waals surface area contributed by atoms with Gasteiger partial charge in [0.2, 0.25) is 0 Å². The van der Waals surface area contributed by atoms with Gasteiger partial charge in [-0.3, -0.25) is 9.36 Å². The van der Waals surface area contributed by atoms with E-state index in [0.29, 0.717) is 0 Å². The molecule has 0 aliphatic carbocycles. The zero-order valence-electron chi connectivity index (χ0n) is 10.3. The van der Waals surface area contributed by atoms with Crippen molar-refractivity contribution in [3.63, 3.8) is 0 Å². The van der Waals surface area contributed by atoms with Crippen LogP contribution >= 0.6 is 7.60 Å². The average molecular weight is 288 g/mol. The number of benzene rings is 1. The molecule has 0 aliphatic rings. The molecule has 0 amide bonds. The number of hydrogen-bond acceptors (Lipinski definition) is 3. The summed E-state index contributed by atoms with van der Waals surface area (Å²) in [5.74, 6) is -1.20. The lowest BCUT2D eigenvalue weighted by Crippen LogP contribution is -2.30. The van der Waals surface area contributed by atoms with Crippen molar-refractivity contribution in [2.45, 2.75) is 31.0 Å². The Labute approximate surface area is 110 Å². The van der Waals surface area contributed by atoms with Gasteiger partial charge in [0.05, 0.1) is 0 Å². The first kappa shape index (κ1) is 15.9. The number of aliphatic hydroxyl groups is 1. The van der Waals surface area contributed by atoms with E-state index in [1.165, 1.54) is 0 Å². The molecule has 1 unspecified atom stereocenters. The minimum atomic E-state index is -4.79. The average Bonchev–Trinajstić information content (AvgIpc) is 2.34. The third kappa shape index (κ3) is 4.76. The molecule has 0 aromatic heterocycles. The molecule has 0 radical (unpaired) electrons. The van der Waals surface area contributed by atoms with Gasteiger partial charge in [0.15, 0.2) is 5.34 Å². The van der Waals surface area contributed by atoms with Crippen molar-refractivity contribution in [3.05, 3.63) is 35.9 Å². The van der Waals surface area contributed by atoms with Crippen LogP contribution in [0, 0.1) is 0 Å². The van der Waals surface area contributed by atoms with E-state index in [-0.39, 0.29) is 12.8 Å². The number of hydrogen-bond donors (Lipinski definition) is 4. The first-order valence-corrected chi connectivity index (χ1v) is 7.39. The van der Waals surface area contributed by atoms with Gasteiger partial charge in [-0.25, -0.2) is 0 Å². The van der Waals surface area contributed by atoms with Crippen molar-refractivity contribution in [1.29, 1.82) is 0 Å². The van der Waals surface area contributed by atoms with E-state index >= 15 is 0 Å². The van der Waals surface area contributed by atoms with Gasteiger partial charge in [0.25, 0.3) is 0 Å². The van der Waals surface area contributed by atoms with Gasteiger partial charge in [-0.15, -0.1) is 0 Å². The quantitative estimate of drug-likeness (QED) is 0.563. The Hall–Kier alpha value is -1.20. The molecule has 6 nitrogen and oxygen atoms in total. The molecule has 7 heteroatoms. The number of aliphatic carboxylic acids is 1. The van der Waals surface area contributed by atoms with Crippen LogP contribution in [0.2, 0.25) is 0 Å². The molecule has 0 saturated heterocycles. The Kier molecular flexibility index (Phi) is 5.26. The molecule has 0 bridgehead atoms. The monoisotopic (exact) mass is 288 g/mol. The van der Waals surface area contributed by atoms with Crippen molar-refractivity contribution in [1.82, 2.24) is 0 Å². The fourth-order valence-corrected chi connectivity index (χ4v) is 2.52. The fraction of sp³-hybridized carbons (Fsp3) is 0.417. The second kappa shape index (κ2) is 6.30. The highest BCUT2D eigenvalue weighted by Crippen LogP contribution is 2.53. The van der Waals surface area contributed by atoms with Gasteiger partial charge in [-0.1, -0.05) is 30.3 Å². The summed E-state index contributed by atoms with van der Waals surface area (Å²) in [6.07, 6.45) is -0.882. The first-order chi connectivity index (χ1) is 8.74. The van der Waals surface area contributed by atoms with Gasteiger partial charge in [0.1, 0.15) is 0 Å². The van der Waals surface area contributed by atoms with Crippen LogP contribution in [0.1, 0.15) is 24.8 Å².